The molecule has 1 aliphatic heterocycles. The fraction of sp³-hybridized carbons (Fsp3) is 0.938. The maximum Gasteiger partial charge on any atom is 0.222 e. The monoisotopic (exact) mass is 268 g/mol. The summed E-state index contributed by atoms with van der Waals surface area (Å²) in [4.78, 5) is 14.4. The van der Waals surface area contributed by atoms with E-state index in [9.17, 15) is 4.79 Å². The number of likely N-dealkylation sites (tertiary alicyclic amines) is 1. The molecule has 2 N–H and O–H groups in total. The molecule has 0 aromatic carbocycles. The molecule has 3 nitrogen and oxygen atoms in total. The van der Waals surface area contributed by atoms with Gasteiger partial charge >= 0.3 is 0 Å². The maximum absolute atomic E-state index is 12.3. The van der Waals surface area contributed by atoms with Crippen LogP contribution in [0.15, 0.2) is 0 Å². The molecule has 0 saturated carbocycles. The minimum Gasteiger partial charge on any atom is -0.342 e. The first-order chi connectivity index (χ1) is 8.93. The molecule has 1 amide bonds. The van der Waals surface area contributed by atoms with Crippen LogP contribution in [0.2, 0.25) is 0 Å². The SMILES string of the molecule is CC1CC(C)CN(C(=O)CCC(CCN)C(C)C)C1. The lowest BCUT2D eigenvalue weighted by Gasteiger charge is -2.35. The molecule has 3 heteroatoms. The highest BCUT2D eigenvalue weighted by Crippen LogP contribution is 2.24. The van der Waals surface area contributed by atoms with Crippen LogP contribution in [0.5, 0.6) is 0 Å². The Morgan fingerprint density at radius 3 is 2.26 bits per heavy atom. The van der Waals surface area contributed by atoms with E-state index in [2.05, 4.69) is 32.6 Å². The minimum absolute atomic E-state index is 0.348. The van der Waals surface area contributed by atoms with Crippen LogP contribution in [0.4, 0.5) is 0 Å². The highest BCUT2D eigenvalue weighted by Gasteiger charge is 2.25. The van der Waals surface area contributed by atoms with E-state index in [4.69, 9.17) is 5.73 Å². The van der Waals surface area contributed by atoms with Crippen LogP contribution in [0.25, 0.3) is 0 Å². The second kappa shape index (κ2) is 7.88. The van der Waals surface area contributed by atoms with Gasteiger partial charge in [-0.15, -0.1) is 0 Å². The standard InChI is InChI=1S/C16H32N2O/c1-12(2)15(7-8-17)5-6-16(19)18-10-13(3)9-14(4)11-18/h12-15H,5-11,17H2,1-4H3. The first-order valence-corrected chi connectivity index (χ1v) is 7.91. The van der Waals surface area contributed by atoms with Gasteiger partial charge in [0, 0.05) is 19.5 Å². The predicted molar refractivity (Wildman–Crippen MR) is 80.8 cm³/mol. The molecular formula is C16H32N2O. The predicted octanol–water partition coefficient (Wildman–Crippen LogP) is 2.89. The number of carbonyl (C=O) groups is 1. The molecule has 19 heavy (non-hydrogen) atoms. The minimum atomic E-state index is 0.348. The van der Waals surface area contributed by atoms with E-state index in [0.29, 0.717) is 36.0 Å². The third kappa shape index (κ3) is 5.52. The van der Waals surface area contributed by atoms with Gasteiger partial charge in [0.25, 0.3) is 0 Å². The van der Waals surface area contributed by atoms with Gasteiger partial charge in [0.1, 0.15) is 0 Å². The quantitative estimate of drug-likeness (QED) is 0.805. The summed E-state index contributed by atoms with van der Waals surface area (Å²) in [5, 5.41) is 0. The molecule has 0 aromatic heterocycles. The summed E-state index contributed by atoms with van der Waals surface area (Å²) in [5.41, 5.74) is 5.66. The van der Waals surface area contributed by atoms with Crippen molar-refractivity contribution in [2.45, 2.75) is 53.4 Å². The zero-order valence-corrected chi connectivity index (χ0v) is 13.2. The van der Waals surface area contributed by atoms with Crippen molar-refractivity contribution in [1.82, 2.24) is 4.90 Å². The number of hydrogen-bond donors (Lipinski definition) is 1. The number of rotatable bonds is 6. The number of carbonyl (C=O) groups excluding carboxylic acids is 1. The third-order valence-corrected chi connectivity index (χ3v) is 4.43. The van der Waals surface area contributed by atoms with Gasteiger partial charge in [0.15, 0.2) is 0 Å². The maximum atomic E-state index is 12.3. The molecule has 1 saturated heterocycles. The molecule has 0 radical (unpaired) electrons. The Bertz CT molecular complexity index is 268. The molecule has 3 atom stereocenters. The van der Waals surface area contributed by atoms with Crippen molar-refractivity contribution in [2.75, 3.05) is 19.6 Å². The van der Waals surface area contributed by atoms with Crippen LogP contribution < -0.4 is 5.73 Å². The molecule has 1 aliphatic rings. The molecule has 112 valence electrons. The van der Waals surface area contributed by atoms with Gasteiger partial charge in [-0.1, -0.05) is 27.7 Å². The van der Waals surface area contributed by atoms with E-state index in [1.165, 1.54) is 6.42 Å². The van der Waals surface area contributed by atoms with E-state index in [-0.39, 0.29) is 0 Å². The van der Waals surface area contributed by atoms with Gasteiger partial charge in [0.2, 0.25) is 5.91 Å². The second-order valence-electron chi connectivity index (χ2n) is 6.86. The normalized spacial score (nSPS) is 25.7. The van der Waals surface area contributed by atoms with E-state index < -0.39 is 0 Å². The van der Waals surface area contributed by atoms with Gasteiger partial charge in [-0.25, -0.2) is 0 Å². The van der Waals surface area contributed by atoms with Crippen molar-refractivity contribution < 1.29 is 4.79 Å². The topological polar surface area (TPSA) is 46.3 Å². The molecule has 1 rings (SSSR count). The Morgan fingerprint density at radius 2 is 1.79 bits per heavy atom. The first kappa shape index (κ1) is 16.5. The van der Waals surface area contributed by atoms with Crippen molar-refractivity contribution in [3.8, 4) is 0 Å². The van der Waals surface area contributed by atoms with Crippen LogP contribution in [0.1, 0.15) is 53.4 Å². The van der Waals surface area contributed by atoms with Gasteiger partial charge < -0.3 is 10.6 Å². The molecule has 0 spiro atoms. The van der Waals surface area contributed by atoms with Gasteiger partial charge in [-0.05, 0) is 49.5 Å². The summed E-state index contributed by atoms with van der Waals surface area (Å²) in [6, 6.07) is 0. The number of amides is 1. The molecular weight excluding hydrogens is 236 g/mol. The van der Waals surface area contributed by atoms with Crippen LogP contribution in [-0.4, -0.2) is 30.4 Å². The molecule has 0 aromatic rings. The highest BCUT2D eigenvalue weighted by molar-refractivity contribution is 5.76. The lowest BCUT2D eigenvalue weighted by atomic mass is 9.87. The summed E-state index contributed by atoms with van der Waals surface area (Å²) in [7, 11) is 0. The summed E-state index contributed by atoms with van der Waals surface area (Å²) in [6.45, 7) is 11.6. The van der Waals surface area contributed by atoms with E-state index >= 15 is 0 Å². The van der Waals surface area contributed by atoms with Gasteiger partial charge in [-0.2, -0.15) is 0 Å². The molecule has 1 fully saturated rings. The number of nitrogens with zero attached hydrogens (tertiary/aromatic N) is 1. The van der Waals surface area contributed by atoms with Crippen LogP contribution >= 0.6 is 0 Å². The summed E-state index contributed by atoms with van der Waals surface area (Å²) in [6.07, 6.45) is 3.98. The van der Waals surface area contributed by atoms with Crippen molar-refractivity contribution in [2.24, 2.45) is 29.4 Å². The smallest absolute Gasteiger partial charge is 0.222 e. The fourth-order valence-corrected chi connectivity index (χ4v) is 3.36. The number of nitrogens with two attached hydrogens (primary N) is 1. The van der Waals surface area contributed by atoms with Crippen LogP contribution in [-0.2, 0) is 4.79 Å². The third-order valence-electron chi connectivity index (χ3n) is 4.43. The number of piperidine rings is 1. The molecule has 3 unspecified atom stereocenters. The second-order valence-corrected chi connectivity index (χ2v) is 6.86. The lowest BCUT2D eigenvalue weighted by molar-refractivity contribution is -0.134. The summed E-state index contributed by atoms with van der Waals surface area (Å²) < 4.78 is 0. The van der Waals surface area contributed by atoms with Crippen molar-refractivity contribution in [3.63, 3.8) is 0 Å². The zero-order chi connectivity index (χ0) is 14.4. The summed E-state index contributed by atoms with van der Waals surface area (Å²) >= 11 is 0. The Morgan fingerprint density at radius 1 is 1.21 bits per heavy atom. The molecule has 0 bridgehead atoms. The van der Waals surface area contributed by atoms with Gasteiger partial charge in [0.05, 0.1) is 0 Å². The Balaban J connectivity index is 2.41. The molecule has 0 aliphatic carbocycles. The Kier molecular flexibility index (Phi) is 6.84. The van der Waals surface area contributed by atoms with Crippen LogP contribution in [0, 0.1) is 23.7 Å². The van der Waals surface area contributed by atoms with Crippen molar-refractivity contribution in [3.05, 3.63) is 0 Å². The number of hydrogen-bond acceptors (Lipinski definition) is 2. The largest absolute Gasteiger partial charge is 0.342 e. The van der Waals surface area contributed by atoms with Crippen LogP contribution in [0.3, 0.4) is 0 Å². The first-order valence-electron chi connectivity index (χ1n) is 7.91. The van der Waals surface area contributed by atoms with Gasteiger partial charge in [-0.3, -0.25) is 4.79 Å². The molecule has 1 heterocycles. The van der Waals surface area contributed by atoms with E-state index in [1.807, 2.05) is 0 Å². The average molecular weight is 268 g/mol. The lowest BCUT2D eigenvalue weighted by Crippen LogP contribution is -2.42. The Labute approximate surface area is 118 Å². The average Bonchev–Trinajstić information content (AvgIpc) is 2.32. The zero-order valence-electron chi connectivity index (χ0n) is 13.2. The highest BCUT2D eigenvalue weighted by atomic mass is 16.2. The Hall–Kier alpha value is -0.570. The fourth-order valence-electron chi connectivity index (χ4n) is 3.36. The van der Waals surface area contributed by atoms with E-state index in [0.717, 1.165) is 32.5 Å². The summed E-state index contributed by atoms with van der Waals surface area (Å²) in [5.74, 6) is 2.86. The van der Waals surface area contributed by atoms with E-state index in [1.54, 1.807) is 0 Å². The van der Waals surface area contributed by atoms with Crippen molar-refractivity contribution >= 4 is 5.91 Å². The van der Waals surface area contributed by atoms with Crippen molar-refractivity contribution in [1.29, 1.82) is 0 Å².